The van der Waals surface area contributed by atoms with E-state index >= 15 is 0 Å². The van der Waals surface area contributed by atoms with E-state index in [-0.39, 0.29) is 24.7 Å². The van der Waals surface area contributed by atoms with Crippen molar-refractivity contribution in [3.8, 4) is 0 Å². The van der Waals surface area contributed by atoms with Gasteiger partial charge in [-0.2, -0.15) is 5.10 Å². The number of hydrogen-bond acceptors (Lipinski definition) is 6. The van der Waals surface area contributed by atoms with Crippen molar-refractivity contribution in [3.63, 3.8) is 0 Å². The van der Waals surface area contributed by atoms with Crippen LogP contribution in [0.1, 0.15) is 27.9 Å². The number of nitrogen functional groups attached to an aromatic ring is 1. The SMILES string of the molecule is Nc1n[nH]c2ccc(C(=O)N[C@@H](Cc3ccccc3)C(=O)N3CCC4(C3)OC(=O)Nc3ccc(Cl)cc34)cc12. The van der Waals surface area contributed by atoms with Gasteiger partial charge in [-0.3, -0.25) is 20.0 Å². The second-order valence-electron chi connectivity index (χ2n) is 9.79. The Bertz CT molecular complexity index is 1610. The normalized spacial score (nSPS) is 18.9. The Kier molecular flexibility index (Phi) is 6.11. The predicted molar refractivity (Wildman–Crippen MR) is 146 cm³/mol. The molecule has 4 aromatic rings. The van der Waals surface area contributed by atoms with Crippen LogP contribution in [0.25, 0.3) is 10.9 Å². The summed E-state index contributed by atoms with van der Waals surface area (Å²) in [5.41, 5.74) is 8.18. The van der Waals surface area contributed by atoms with Crippen molar-refractivity contribution in [2.24, 2.45) is 0 Å². The maximum atomic E-state index is 13.9. The highest BCUT2D eigenvalue weighted by atomic mass is 35.5. The molecule has 2 aliphatic heterocycles. The molecule has 39 heavy (non-hydrogen) atoms. The molecule has 0 radical (unpaired) electrons. The van der Waals surface area contributed by atoms with Crippen LogP contribution in [-0.2, 0) is 21.6 Å². The molecule has 1 fully saturated rings. The molecule has 5 N–H and O–H groups in total. The Labute approximate surface area is 228 Å². The molecule has 3 aromatic carbocycles. The minimum atomic E-state index is -1.02. The first-order valence-electron chi connectivity index (χ1n) is 12.5. The Hall–Kier alpha value is -4.57. The van der Waals surface area contributed by atoms with Crippen molar-refractivity contribution in [1.82, 2.24) is 20.4 Å². The number of carbonyl (C=O) groups excluding carboxylic acids is 3. The number of ether oxygens (including phenoxy) is 1. The molecule has 10 nitrogen and oxygen atoms in total. The van der Waals surface area contributed by atoms with Crippen LogP contribution in [0.4, 0.5) is 16.3 Å². The number of nitrogens with two attached hydrogens (primary N) is 1. The number of carbonyl (C=O) groups is 3. The van der Waals surface area contributed by atoms with Crippen LogP contribution < -0.4 is 16.4 Å². The zero-order valence-electron chi connectivity index (χ0n) is 20.7. The van der Waals surface area contributed by atoms with E-state index in [2.05, 4.69) is 20.8 Å². The summed E-state index contributed by atoms with van der Waals surface area (Å²) in [6, 6.07) is 18.8. The summed E-state index contributed by atoms with van der Waals surface area (Å²) in [5.74, 6) is -0.395. The lowest BCUT2D eigenvalue weighted by Gasteiger charge is -2.35. The molecule has 0 saturated carbocycles. The molecule has 198 valence electrons. The highest BCUT2D eigenvalue weighted by Crippen LogP contribution is 2.43. The van der Waals surface area contributed by atoms with E-state index in [9.17, 15) is 14.4 Å². The fraction of sp³-hybridized carbons (Fsp3) is 0.214. The zero-order chi connectivity index (χ0) is 27.1. The molecule has 1 aromatic heterocycles. The first kappa shape index (κ1) is 24.7. The zero-order valence-corrected chi connectivity index (χ0v) is 21.5. The molecule has 6 rings (SSSR count). The third-order valence-corrected chi connectivity index (χ3v) is 7.52. The molecule has 3 heterocycles. The number of nitrogens with one attached hydrogen (secondary N) is 3. The smallest absolute Gasteiger partial charge is 0.412 e. The van der Waals surface area contributed by atoms with Gasteiger partial charge in [-0.15, -0.1) is 0 Å². The molecule has 0 bridgehead atoms. The van der Waals surface area contributed by atoms with Gasteiger partial charge in [0.1, 0.15) is 6.04 Å². The summed E-state index contributed by atoms with van der Waals surface area (Å²) < 4.78 is 5.78. The number of nitrogens with zero attached hydrogens (tertiary/aromatic N) is 2. The first-order valence-corrected chi connectivity index (χ1v) is 12.9. The summed E-state index contributed by atoms with van der Waals surface area (Å²) >= 11 is 6.26. The molecule has 2 aliphatic rings. The first-order chi connectivity index (χ1) is 18.8. The number of fused-ring (bicyclic) bond motifs is 3. The maximum absolute atomic E-state index is 13.9. The number of benzene rings is 3. The molecule has 1 unspecified atom stereocenters. The van der Waals surface area contributed by atoms with Crippen molar-refractivity contribution in [2.75, 3.05) is 24.1 Å². The summed E-state index contributed by atoms with van der Waals surface area (Å²) in [6.07, 6.45) is 0.110. The predicted octanol–water partition coefficient (Wildman–Crippen LogP) is 3.83. The number of amides is 3. The second kappa shape index (κ2) is 9.63. The monoisotopic (exact) mass is 544 g/mol. The van der Waals surface area contributed by atoms with Gasteiger partial charge in [-0.1, -0.05) is 41.9 Å². The van der Waals surface area contributed by atoms with Crippen molar-refractivity contribution < 1.29 is 19.1 Å². The largest absolute Gasteiger partial charge is 0.436 e. The van der Waals surface area contributed by atoms with Crippen molar-refractivity contribution in [3.05, 3.63) is 88.4 Å². The highest BCUT2D eigenvalue weighted by Gasteiger charge is 2.49. The van der Waals surface area contributed by atoms with E-state index in [1.54, 1.807) is 41.3 Å². The van der Waals surface area contributed by atoms with Crippen LogP contribution in [0.2, 0.25) is 5.02 Å². The van der Waals surface area contributed by atoms with Gasteiger partial charge in [-0.05, 0) is 42.0 Å². The molecule has 11 heteroatoms. The van der Waals surface area contributed by atoms with Crippen LogP contribution in [0.15, 0.2) is 66.7 Å². The summed E-state index contributed by atoms with van der Waals surface area (Å²) in [7, 11) is 0. The fourth-order valence-corrected chi connectivity index (χ4v) is 5.50. The fourth-order valence-electron chi connectivity index (χ4n) is 5.33. The van der Waals surface area contributed by atoms with E-state index in [0.29, 0.717) is 40.1 Å². The van der Waals surface area contributed by atoms with Gasteiger partial charge in [0, 0.05) is 40.9 Å². The summed E-state index contributed by atoms with van der Waals surface area (Å²) in [6.45, 7) is 0.488. The van der Waals surface area contributed by atoms with Crippen LogP contribution in [0.5, 0.6) is 0 Å². The van der Waals surface area contributed by atoms with Gasteiger partial charge < -0.3 is 20.7 Å². The number of rotatable bonds is 5. The van der Waals surface area contributed by atoms with Gasteiger partial charge >= 0.3 is 6.09 Å². The van der Waals surface area contributed by atoms with Gasteiger partial charge in [-0.25, -0.2) is 4.79 Å². The topological polar surface area (TPSA) is 142 Å². The Morgan fingerprint density at radius 1 is 1.15 bits per heavy atom. The Balaban J connectivity index is 1.27. The second-order valence-corrected chi connectivity index (χ2v) is 10.2. The molecule has 1 saturated heterocycles. The Morgan fingerprint density at radius 2 is 1.97 bits per heavy atom. The lowest BCUT2D eigenvalue weighted by molar-refractivity contribution is -0.133. The van der Waals surface area contributed by atoms with E-state index in [1.165, 1.54) is 0 Å². The third kappa shape index (κ3) is 4.63. The Morgan fingerprint density at radius 3 is 2.79 bits per heavy atom. The molecule has 0 aliphatic carbocycles. The van der Waals surface area contributed by atoms with Crippen LogP contribution in [-0.4, -0.2) is 52.1 Å². The molecular weight excluding hydrogens is 520 g/mol. The average molecular weight is 545 g/mol. The summed E-state index contributed by atoms with van der Waals surface area (Å²) in [5, 5.41) is 13.5. The molecular formula is C28H25ClN6O4. The van der Waals surface area contributed by atoms with Crippen molar-refractivity contribution >= 4 is 51.9 Å². The molecule has 1 spiro atoms. The number of H-pyrrole nitrogens is 1. The van der Waals surface area contributed by atoms with Crippen LogP contribution in [0, 0.1) is 0 Å². The molecule has 3 amide bonds. The van der Waals surface area contributed by atoms with E-state index in [1.807, 2.05) is 30.3 Å². The van der Waals surface area contributed by atoms with E-state index < -0.39 is 23.6 Å². The minimum Gasteiger partial charge on any atom is -0.436 e. The van der Waals surface area contributed by atoms with Gasteiger partial charge in [0.2, 0.25) is 5.91 Å². The van der Waals surface area contributed by atoms with E-state index in [0.717, 1.165) is 11.1 Å². The van der Waals surface area contributed by atoms with Crippen molar-refractivity contribution in [2.45, 2.75) is 24.5 Å². The molecule has 2 atom stereocenters. The van der Waals surface area contributed by atoms with Crippen molar-refractivity contribution in [1.29, 1.82) is 0 Å². The summed E-state index contributed by atoms with van der Waals surface area (Å²) in [4.78, 5) is 41.3. The number of likely N-dealkylation sites (tertiary alicyclic amines) is 1. The lowest BCUT2D eigenvalue weighted by Crippen LogP contribution is -2.50. The maximum Gasteiger partial charge on any atom is 0.412 e. The van der Waals surface area contributed by atoms with Gasteiger partial charge in [0.05, 0.1) is 17.7 Å². The van der Waals surface area contributed by atoms with Gasteiger partial charge in [0.25, 0.3) is 5.91 Å². The highest BCUT2D eigenvalue weighted by molar-refractivity contribution is 6.30. The number of aromatic amines is 1. The third-order valence-electron chi connectivity index (χ3n) is 7.28. The number of aromatic nitrogens is 2. The van der Waals surface area contributed by atoms with Crippen LogP contribution in [0.3, 0.4) is 0 Å². The lowest BCUT2D eigenvalue weighted by atomic mass is 9.90. The number of hydrogen-bond donors (Lipinski definition) is 4. The van der Waals surface area contributed by atoms with Gasteiger partial charge in [0.15, 0.2) is 11.4 Å². The quantitative estimate of drug-likeness (QED) is 0.301. The standard InChI is InChI=1S/C28H25ClN6O4/c29-18-7-9-22-20(14-18)28(39-27(38)32-22)10-11-35(15-28)26(37)23(12-16-4-2-1-3-5-16)31-25(36)17-6-8-21-19(13-17)24(30)34-33-21/h1-9,13-14,23H,10-12,15H2,(H,31,36)(H,32,38)(H3,30,33,34)/t23-,28?/m0/s1. The number of halogens is 1. The number of anilines is 2. The minimum absolute atomic E-state index is 0.144. The van der Waals surface area contributed by atoms with Crippen LogP contribution >= 0.6 is 11.6 Å². The average Bonchev–Trinajstić information content (AvgIpc) is 3.52. The van der Waals surface area contributed by atoms with E-state index in [4.69, 9.17) is 22.1 Å².